The zero-order valence-corrected chi connectivity index (χ0v) is 14.4. The highest BCUT2D eigenvalue weighted by molar-refractivity contribution is 5.93. The summed E-state index contributed by atoms with van der Waals surface area (Å²) in [6.07, 6.45) is 4.43. The number of amides is 2. The smallest absolute Gasteiger partial charge is 0.288 e. The van der Waals surface area contributed by atoms with Crippen LogP contribution in [0.4, 0.5) is 5.82 Å². The maximum absolute atomic E-state index is 12.3. The van der Waals surface area contributed by atoms with Gasteiger partial charge in [0.25, 0.3) is 5.91 Å². The molecular weight excluding hydrogens is 348 g/mol. The first-order valence-electron chi connectivity index (χ1n) is 8.64. The van der Waals surface area contributed by atoms with Gasteiger partial charge in [-0.25, -0.2) is 0 Å². The van der Waals surface area contributed by atoms with Crippen molar-refractivity contribution < 1.29 is 9.59 Å². The van der Waals surface area contributed by atoms with Crippen LogP contribution in [-0.4, -0.2) is 49.7 Å². The van der Waals surface area contributed by atoms with Crippen molar-refractivity contribution >= 4 is 23.3 Å². The Hall–Kier alpha value is -3.56. The molecule has 4 heterocycles. The molecule has 0 radical (unpaired) electrons. The number of nitrogens with one attached hydrogen (secondary N) is 2. The first kappa shape index (κ1) is 16.9. The van der Waals surface area contributed by atoms with Gasteiger partial charge in [-0.3, -0.25) is 25.4 Å². The van der Waals surface area contributed by atoms with Gasteiger partial charge in [-0.1, -0.05) is 6.07 Å². The van der Waals surface area contributed by atoms with Crippen LogP contribution in [0.15, 0.2) is 42.9 Å². The molecule has 0 spiro atoms. The number of rotatable bonds is 3. The third-order valence-electron chi connectivity index (χ3n) is 4.53. The largest absolute Gasteiger partial charge is 0.355 e. The van der Waals surface area contributed by atoms with Crippen LogP contribution in [0, 0.1) is 5.92 Å². The Bertz CT molecular complexity index is 950. The van der Waals surface area contributed by atoms with Crippen molar-refractivity contribution in [3.05, 3.63) is 48.5 Å². The predicted octanol–water partition coefficient (Wildman–Crippen LogP) is 0.197. The van der Waals surface area contributed by atoms with Crippen molar-refractivity contribution in [2.45, 2.75) is 12.8 Å². The topological polar surface area (TPSA) is 117 Å². The SMILES string of the molecule is O=C(NNC(=O)C1CCN(c2ccc3nncn3n2)CC1)c1ccccn1. The number of carbonyl (C=O) groups excluding carboxylic acids is 2. The molecule has 27 heavy (non-hydrogen) atoms. The molecule has 2 N–H and O–H groups in total. The lowest BCUT2D eigenvalue weighted by atomic mass is 9.96. The van der Waals surface area contributed by atoms with Crippen molar-refractivity contribution in [3.63, 3.8) is 0 Å². The van der Waals surface area contributed by atoms with Crippen LogP contribution in [0.1, 0.15) is 23.3 Å². The Morgan fingerprint density at radius 3 is 2.70 bits per heavy atom. The van der Waals surface area contributed by atoms with E-state index in [1.165, 1.54) is 6.20 Å². The number of aromatic nitrogens is 5. The second-order valence-electron chi connectivity index (χ2n) is 6.24. The van der Waals surface area contributed by atoms with Crippen molar-refractivity contribution in [2.75, 3.05) is 18.0 Å². The van der Waals surface area contributed by atoms with Gasteiger partial charge in [0.15, 0.2) is 5.65 Å². The van der Waals surface area contributed by atoms with E-state index in [4.69, 9.17) is 0 Å². The summed E-state index contributed by atoms with van der Waals surface area (Å²) >= 11 is 0. The van der Waals surface area contributed by atoms with Gasteiger partial charge in [-0.2, -0.15) is 4.52 Å². The number of pyridine rings is 1. The van der Waals surface area contributed by atoms with Gasteiger partial charge in [0.2, 0.25) is 5.91 Å². The zero-order chi connectivity index (χ0) is 18.6. The van der Waals surface area contributed by atoms with Crippen LogP contribution in [0.2, 0.25) is 0 Å². The summed E-state index contributed by atoms with van der Waals surface area (Å²) < 4.78 is 1.63. The number of hydrazine groups is 1. The average Bonchev–Trinajstić information content (AvgIpc) is 3.20. The molecule has 10 heteroatoms. The molecule has 0 atom stereocenters. The van der Waals surface area contributed by atoms with Gasteiger partial charge in [0.1, 0.15) is 17.8 Å². The van der Waals surface area contributed by atoms with Crippen LogP contribution in [0.3, 0.4) is 0 Å². The molecule has 138 valence electrons. The third-order valence-corrected chi connectivity index (χ3v) is 4.53. The highest BCUT2D eigenvalue weighted by atomic mass is 16.2. The van der Waals surface area contributed by atoms with Crippen LogP contribution >= 0.6 is 0 Å². The van der Waals surface area contributed by atoms with Crippen molar-refractivity contribution in [2.24, 2.45) is 5.92 Å². The van der Waals surface area contributed by atoms with Gasteiger partial charge < -0.3 is 4.90 Å². The Morgan fingerprint density at radius 1 is 1.07 bits per heavy atom. The molecule has 3 aromatic rings. The Balaban J connectivity index is 1.29. The molecule has 0 bridgehead atoms. The second-order valence-corrected chi connectivity index (χ2v) is 6.24. The number of nitrogens with zero attached hydrogens (tertiary/aromatic N) is 6. The number of fused-ring (bicyclic) bond motifs is 1. The quantitative estimate of drug-likeness (QED) is 0.636. The molecule has 0 saturated carbocycles. The standard InChI is InChI=1S/C17H18N8O2/c26-16(21-22-17(27)13-3-1-2-8-18-13)12-6-9-24(10-7-12)15-5-4-14-20-19-11-25(14)23-15/h1-5,8,11-12H,6-7,9-10H2,(H,21,26)(H,22,27). The van der Waals surface area contributed by atoms with E-state index in [-0.39, 0.29) is 17.5 Å². The summed E-state index contributed by atoms with van der Waals surface area (Å²) in [7, 11) is 0. The number of piperidine rings is 1. The monoisotopic (exact) mass is 366 g/mol. The predicted molar refractivity (Wildman–Crippen MR) is 95.6 cm³/mol. The first-order chi connectivity index (χ1) is 13.2. The van der Waals surface area contributed by atoms with Gasteiger partial charge in [0.05, 0.1) is 0 Å². The average molecular weight is 366 g/mol. The first-order valence-corrected chi connectivity index (χ1v) is 8.64. The van der Waals surface area contributed by atoms with Crippen molar-refractivity contribution in [3.8, 4) is 0 Å². The molecule has 1 aliphatic heterocycles. The minimum Gasteiger partial charge on any atom is -0.355 e. The zero-order valence-electron chi connectivity index (χ0n) is 14.4. The lowest BCUT2D eigenvalue weighted by Gasteiger charge is -2.31. The van der Waals surface area contributed by atoms with Crippen molar-refractivity contribution in [1.82, 2.24) is 35.6 Å². The van der Waals surface area contributed by atoms with Gasteiger partial charge in [-0.05, 0) is 37.1 Å². The summed E-state index contributed by atoms with van der Waals surface area (Å²) in [6, 6.07) is 8.78. The minimum atomic E-state index is -0.437. The normalized spacial score (nSPS) is 14.9. The van der Waals surface area contributed by atoms with E-state index in [0.717, 1.165) is 5.82 Å². The molecule has 4 rings (SSSR count). The maximum atomic E-state index is 12.3. The van der Waals surface area contributed by atoms with Gasteiger partial charge >= 0.3 is 0 Å². The molecule has 1 saturated heterocycles. The fraction of sp³-hybridized carbons (Fsp3) is 0.294. The Labute approximate surface area is 154 Å². The molecule has 10 nitrogen and oxygen atoms in total. The summed E-state index contributed by atoms with van der Waals surface area (Å²) in [5, 5.41) is 12.2. The van der Waals surface area contributed by atoms with Gasteiger partial charge in [0, 0.05) is 25.2 Å². The third kappa shape index (κ3) is 3.68. The Kier molecular flexibility index (Phi) is 4.60. The molecule has 0 unspecified atom stereocenters. The van der Waals surface area contributed by atoms with Crippen LogP contribution < -0.4 is 15.8 Å². The molecule has 3 aromatic heterocycles. The van der Waals surface area contributed by atoms with Gasteiger partial charge in [-0.15, -0.1) is 15.3 Å². The number of carbonyl (C=O) groups is 2. The van der Waals surface area contributed by atoms with Crippen LogP contribution in [-0.2, 0) is 4.79 Å². The number of hydrogen-bond acceptors (Lipinski definition) is 7. The molecule has 1 aliphatic rings. The van der Waals surface area contributed by atoms with E-state index in [1.807, 2.05) is 12.1 Å². The van der Waals surface area contributed by atoms with Crippen LogP contribution in [0.25, 0.3) is 5.65 Å². The Morgan fingerprint density at radius 2 is 1.93 bits per heavy atom. The minimum absolute atomic E-state index is 0.163. The molecule has 0 aliphatic carbocycles. The second kappa shape index (κ2) is 7.36. The van der Waals surface area contributed by atoms with E-state index in [9.17, 15) is 9.59 Å². The summed E-state index contributed by atoms with van der Waals surface area (Å²) in [6.45, 7) is 1.40. The molecule has 2 amide bonds. The molecule has 0 aromatic carbocycles. The lowest BCUT2D eigenvalue weighted by Crippen LogP contribution is -2.47. The summed E-state index contributed by atoms with van der Waals surface area (Å²) in [4.78, 5) is 30.3. The van der Waals surface area contributed by atoms with E-state index >= 15 is 0 Å². The number of anilines is 1. The highest BCUT2D eigenvalue weighted by Crippen LogP contribution is 2.21. The fourth-order valence-corrected chi connectivity index (χ4v) is 3.04. The summed E-state index contributed by atoms with van der Waals surface area (Å²) in [5.74, 6) is 0.0301. The van der Waals surface area contributed by atoms with E-state index in [0.29, 0.717) is 31.6 Å². The number of hydrogen-bond donors (Lipinski definition) is 2. The van der Waals surface area contributed by atoms with Crippen molar-refractivity contribution in [1.29, 1.82) is 0 Å². The molecule has 1 fully saturated rings. The molecular formula is C17H18N8O2. The van der Waals surface area contributed by atoms with Crippen LogP contribution in [0.5, 0.6) is 0 Å². The summed E-state index contributed by atoms with van der Waals surface area (Å²) in [5.41, 5.74) is 5.85. The highest BCUT2D eigenvalue weighted by Gasteiger charge is 2.26. The fourth-order valence-electron chi connectivity index (χ4n) is 3.04. The maximum Gasteiger partial charge on any atom is 0.288 e. The lowest BCUT2D eigenvalue weighted by molar-refractivity contribution is -0.126. The van der Waals surface area contributed by atoms with E-state index < -0.39 is 5.91 Å². The van der Waals surface area contributed by atoms with E-state index in [2.05, 4.69) is 36.0 Å². The van der Waals surface area contributed by atoms with E-state index in [1.54, 1.807) is 29.0 Å².